The van der Waals surface area contributed by atoms with Gasteiger partial charge in [-0.15, -0.1) is 0 Å². The molecule has 1 heterocycles. The quantitative estimate of drug-likeness (QED) is 0.741. The molecule has 1 aliphatic heterocycles. The first-order chi connectivity index (χ1) is 6.77. The standard InChI is InChI=1S/C10H20N2O2/c1-11-6-3-9-4-7-12(8-5-9)10(13)14-2/h9,11H,3-8H2,1-2H3. The number of piperidine rings is 1. The fourth-order valence-corrected chi connectivity index (χ4v) is 1.88. The zero-order valence-electron chi connectivity index (χ0n) is 9.08. The first-order valence-electron chi connectivity index (χ1n) is 5.25. The first-order valence-corrected chi connectivity index (χ1v) is 5.25. The first kappa shape index (κ1) is 11.3. The van der Waals surface area contributed by atoms with Crippen molar-refractivity contribution in [2.75, 3.05) is 33.8 Å². The van der Waals surface area contributed by atoms with Crippen molar-refractivity contribution in [1.82, 2.24) is 10.2 Å². The summed E-state index contributed by atoms with van der Waals surface area (Å²) in [6.45, 7) is 2.77. The van der Waals surface area contributed by atoms with Crippen LogP contribution in [0.15, 0.2) is 0 Å². The second-order valence-electron chi connectivity index (χ2n) is 3.79. The molecule has 82 valence electrons. The predicted molar refractivity (Wildman–Crippen MR) is 55.2 cm³/mol. The van der Waals surface area contributed by atoms with E-state index in [1.54, 1.807) is 4.90 Å². The second kappa shape index (κ2) is 5.86. The summed E-state index contributed by atoms with van der Waals surface area (Å²) in [6.07, 6.45) is 3.25. The highest BCUT2D eigenvalue weighted by molar-refractivity contribution is 5.67. The van der Waals surface area contributed by atoms with Crippen molar-refractivity contribution < 1.29 is 9.53 Å². The minimum Gasteiger partial charge on any atom is -0.453 e. The van der Waals surface area contributed by atoms with Crippen LogP contribution in [0.3, 0.4) is 0 Å². The van der Waals surface area contributed by atoms with Crippen LogP contribution in [0.5, 0.6) is 0 Å². The van der Waals surface area contributed by atoms with Crippen molar-refractivity contribution in [3.63, 3.8) is 0 Å². The molecule has 1 aliphatic rings. The monoisotopic (exact) mass is 200 g/mol. The number of hydrogen-bond acceptors (Lipinski definition) is 3. The topological polar surface area (TPSA) is 41.6 Å². The molecule has 0 aromatic heterocycles. The van der Waals surface area contributed by atoms with Crippen LogP contribution in [-0.2, 0) is 4.74 Å². The van der Waals surface area contributed by atoms with E-state index in [9.17, 15) is 4.79 Å². The van der Waals surface area contributed by atoms with Gasteiger partial charge >= 0.3 is 6.09 Å². The summed E-state index contributed by atoms with van der Waals surface area (Å²) < 4.78 is 4.68. The molecular formula is C10H20N2O2. The van der Waals surface area contributed by atoms with Gasteiger partial charge in [-0.25, -0.2) is 4.79 Å². The lowest BCUT2D eigenvalue weighted by atomic mass is 9.94. The number of hydrogen-bond donors (Lipinski definition) is 1. The maximum absolute atomic E-state index is 11.2. The third-order valence-corrected chi connectivity index (χ3v) is 2.85. The average molecular weight is 200 g/mol. The van der Waals surface area contributed by atoms with Crippen molar-refractivity contribution in [1.29, 1.82) is 0 Å². The van der Waals surface area contributed by atoms with Crippen molar-refractivity contribution in [3.8, 4) is 0 Å². The SMILES string of the molecule is CNCCC1CCN(C(=O)OC)CC1. The van der Waals surface area contributed by atoms with Gasteiger partial charge in [0.15, 0.2) is 0 Å². The summed E-state index contributed by atoms with van der Waals surface area (Å²) in [7, 11) is 3.42. The van der Waals surface area contributed by atoms with Crippen LogP contribution in [0.1, 0.15) is 19.3 Å². The summed E-state index contributed by atoms with van der Waals surface area (Å²) in [6, 6.07) is 0. The molecule has 0 atom stereocenters. The minimum atomic E-state index is -0.183. The van der Waals surface area contributed by atoms with E-state index in [1.807, 2.05) is 7.05 Å². The fourth-order valence-electron chi connectivity index (χ4n) is 1.88. The Bertz CT molecular complexity index is 177. The zero-order chi connectivity index (χ0) is 10.4. The largest absolute Gasteiger partial charge is 0.453 e. The lowest BCUT2D eigenvalue weighted by molar-refractivity contribution is 0.105. The molecule has 4 heteroatoms. The lowest BCUT2D eigenvalue weighted by Gasteiger charge is -2.30. The van der Waals surface area contributed by atoms with E-state index in [-0.39, 0.29) is 6.09 Å². The molecule has 1 N–H and O–H groups in total. The molecule has 0 saturated carbocycles. The highest BCUT2D eigenvalue weighted by atomic mass is 16.5. The Morgan fingerprint density at radius 2 is 2.14 bits per heavy atom. The number of rotatable bonds is 3. The van der Waals surface area contributed by atoms with Gasteiger partial charge in [-0.3, -0.25) is 0 Å². The van der Waals surface area contributed by atoms with Gasteiger partial charge in [0, 0.05) is 13.1 Å². The summed E-state index contributed by atoms with van der Waals surface area (Å²) in [4.78, 5) is 13.0. The number of methoxy groups -OCH3 is 1. The van der Waals surface area contributed by atoms with E-state index in [0.717, 1.165) is 38.4 Å². The maximum atomic E-state index is 11.2. The van der Waals surface area contributed by atoms with Crippen LogP contribution in [0, 0.1) is 5.92 Å². The number of nitrogens with zero attached hydrogens (tertiary/aromatic N) is 1. The molecular weight excluding hydrogens is 180 g/mol. The van der Waals surface area contributed by atoms with E-state index in [1.165, 1.54) is 13.5 Å². The number of ether oxygens (including phenoxy) is 1. The van der Waals surface area contributed by atoms with Gasteiger partial charge in [0.25, 0.3) is 0 Å². The molecule has 0 bridgehead atoms. The van der Waals surface area contributed by atoms with Crippen molar-refractivity contribution in [2.24, 2.45) is 5.92 Å². The average Bonchev–Trinajstić information content (AvgIpc) is 2.26. The number of amides is 1. The number of nitrogens with one attached hydrogen (secondary N) is 1. The number of carbonyl (C=O) groups excluding carboxylic acids is 1. The van der Waals surface area contributed by atoms with E-state index in [0.29, 0.717) is 0 Å². The molecule has 1 saturated heterocycles. The van der Waals surface area contributed by atoms with Crippen molar-refractivity contribution >= 4 is 6.09 Å². The van der Waals surface area contributed by atoms with E-state index in [2.05, 4.69) is 10.1 Å². The third-order valence-electron chi connectivity index (χ3n) is 2.85. The van der Waals surface area contributed by atoms with Gasteiger partial charge in [0.05, 0.1) is 7.11 Å². The molecule has 0 aromatic carbocycles. The molecule has 4 nitrogen and oxygen atoms in total. The predicted octanol–water partition coefficient (Wildman–Crippen LogP) is 1.07. The van der Waals surface area contributed by atoms with E-state index >= 15 is 0 Å². The maximum Gasteiger partial charge on any atom is 0.409 e. The minimum absolute atomic E-state index is 0.183. The molecule has 1 rings (SSSR count). The molecule has 1 amide bonds. The second-order valence-corrected chi connectivity index (χ2v) is 3.79. The van der Waals surface area contributed by atoms with E-state index in [4.69, 9.17) is 0 Å². The lowest BCUT2D eigenvalue weighted by Crippen LogP contribution is -2.38. The number of likely N-dealkylation sites (tertiary alicyclic amines) is 1. The van der Waals surface area contributed by atoms with Crippen molar-refractivity contribution in [3.05, 3.63) is 0 Å². The van der Waals surface area contributed by atoms with Crippen LogP contribution in [-0.4, -0.2) is 44.8 Å². The summed E-state index contributed by atoms with van der Waals surface area (Å²) >= 11 is 0. The fraction of sp³-hybridized carbons (Fsp3) is 0.900. The molecule has 0 aromatic rings. The van der Waals surface area contributed by atoms with Gasteiger partial charge in [-0.05, 0) is 38.8 Å². The molecule has 0 spiro atoms. The van der Waals surface area contributed by atoms with E-state index < -0.39 is 0 Å². The van der Waals surface area contributed by atoms with Crippen LogP contribution >= 0.6 is 0 Å². The summed E-state index contributed by atoms with van der Waals surface area (Å²) in [5.41, 5.74) is 0. The Balaban J connectivity index is 2.20. The zero-order valence-corrected chi connectivity index (χ0v) is 9.08. The van der Waals surface area contributed by atoms with Crippen LogP contribution in [0.2, 0.25) is 0 Å². The van der Waals surface area contributed by atoms with Gasteiger partial charge in [-0.2, -0.15) is 0 Å². The van der Waals surface area contributed by atoms with Crippen molar-refractivity contribution in [2.45, 2.75) is 19.3 Å². The third kappa shape index (κ3) is 3.18. The molecule has 14 heavy (non-hydrogen) atoms. The summed E-state index contributed by atoms with van der Waals surface area (Å²) in [5.74, 6) is 0.767. The molecule has 0 aliphatic carbocycles. The Hall–Kier alpha value is -0.770. The van der Waals surface area contributed by atoms with Crippen LogP contribution in [0.25, 0.3) is 0 Å². The normalized spacial score (nSPS) is 18.3. The molecule has 0 unspecified atom stereocenters. The Kier molecular flexibility index (Phi) is 4.73. The Morgan fingerprint density at radius 1 is 1.50 bits per heavy atom. The van der Waals surface area contributed by atoms with Gasteiger partial charge < -0.3 is 15.0 Å². The van der Waals surface area contributed by atoms with Crippen LogP contribution in [0.4, 0.5) is 4.79 Å². The van der Waals surface area contributed by atoms with Crippen LogP contribution < -0.4 is 5.32 Å². The molecule has 0 radical (unpaired) electrons. The smallest absolute Gasteiger partial charge is 0.409 e. The summed E-state index contributed by atoms with van der Waals surface area (Å²) in [5, 5.41) is 3.15. The van der Waals surface area contributed by atoms with Gasteiger partial charge in [-0.1, -0.05) is 0 Å². The van der Waals surface area contributed by atoms with Gasteiger partial charge in [0.2, 0.25) is 0 Å². The highest BCUT2D eigenvalue weighted by Crippen LogP contribution is 2.20. The van der Waals surface area contributed by atoms with Gasteiger partial charge in [0.1, 0.15) is 0 Å². The highest BCUT2D eigenvalue weighted by Gasteiger charge is 2.22. The Morgan fingerprint density at radius 3 is 2.64 bits per heavy atom. The Labute approximate surface area is 85.6 Å². The molecule has 1 fully saturated rings. The number of carbonyl (C=O) groups is 1.